The Morgan fingerprint density at radius 3 is 1.27 bits per heavy atom. The summed E-state index contributed by atoms with van der Waals surface area (Å²) in [5.41, 5.74) is 3.48. The van der Waals surface area contributed by atoms with Crippen LogP contribution >= 0.6 is 11.6 Å². The van der Waals surface area contributed by atoms with Crippen molar-refractivity contribution in [2.24, 2.45) is 4.99 Å². The van der Waals surface area contributed by atoms with Crippen LogP contribution in [0.15, 0.2) is 151 Å². The molecule has 0 radical (unpaired) electrons. The average molecular weight is 614 g/mol. The van der Waals surface area contributed by atoms with Gasteiger partial charge in [-0.3, -0.25) is 0 Å². The molecule has 226 valence electrons. The third-order valence-electron chi connectivity index (χ3n) is 8.83. The Kier molecular flexibility index (Phi) is 7.70. The van der Waals surface area contributed by atoms with Crippen molar-refractivity contribution in [1.29, 1.82) is 0 Å². The molecule has 2 saturated heterocycles. The number of hydrogen-bond donors (Lipinski definition) is 2. The van der Waals surface area contributed by atoms with Crippen molar-refractivity contribution >= 4 is 17.6 Å². The van der Waals surface area contributed by atoms with E-state index >= 15 is 0 Å². The molecule has 0 unspecified atom stereocenters. The lowest BCUT2D eigenvalue weighted by Gasteiger charge is -2.43. The van der Waals surface area contributed by atoms with Gasteiger partial charge in [-0.05, 0) is 53.8 Å². The first kappa shape index (κ1) is 29.3. The molecule has 0 aromatic heterocycles. The number of fused-ring (bicyclic) bond motifs is 1. The van der Waals surface area contributed by atoms with Crippen LogP contribution in [0.25, 0.3) is 0 Å². The topological polar surface area (TPSA) is 54.9 Å². The highest BCUT2D eigenvalue weighted by Crippen LogP contribution is 2.51. The number of rotatable bonds is 6. The number of guanidine groups is 1. The van der Waals surface area contributed by atoms with Crippen LogP contribution < -0.4 is 10.6 Å². The molecule has 2 aliphatic heterocycles. The highest BCUT2D eigenvalue weighted by Gasteiger charge is 2.64. The summed E-state index contributed by atoms with van der Waals surface area (Å²) in [7, 11) is 0. The van der Waals surface area contributed by atoms with E-state index in [0.717, 1.165) is 27.8 Å². The molecule has 6 heteroatoms. The predicted octanol–water partition coefficient (Wildman–Crippen LogP) is 7.80. The fraction of sp³-hybridized carbons (Fsp3) is 0.205. The van der Waals surface area contributed by atoms with Gasteiger partial charge in [0.1, 0.15) is 23.3 Å². The second kappa shape index (κ2) is 11.8. The Morgan fingerprint density at radius 1 is 0.556 bits per heavy atom. The third kappa shape index (κ3) is 5.31. The molecule has 2 N–H and O–H groups in total. The molecule has 0 spiro atoms. The SMILES string of the molecule is CC1(C)O[C@@H]2[C@@H](O1)C(c1ccccc1)(c1ccccc1)NC(=NCc1ccc(Cl)cc1)NC2(c1ccccc1)c1ccccc1. The molecule has 5 nitrogen and oxygen atoms in total. The van der Waals surface area contributed by atoms with Gasteiger partial charge in [0.15, 0.2) is 11.7 Å². The van der Waals surface area contributed by atoms with Gasteiger partial charge in [0, 0.05) is 5.02 Å². The van der Waals surface area contributed by atoms with Crippen LogP contribution in [-0.4, -0.2) is 24.0 Å². The van der Waals surface area contributed by atoms with Gasteiger partial charge in [0.05, 0.1) is 6.54 Å². The van der Waals surface area contributed by atoms with E-state index in [9.17, 15) is 0 Å². The molecule has 5 aromatic carbocycles. The van der Waals surface area contributed by atoms with Crippen LogP contribution in [0.2, 0.25) is 5.02 Å². The third-order valence-corrected chi connectivity index (χ3v) is 9.08. The molecule has 2 fully saturated rings. The number of hydrogen-bond acceptors (Lipinski definition) is 3. The smallest absolute Gasteiger partial charge is 0.193 e. The van der Waals surface area contributed by atoms with Gasteiger partial charge in [-0.1, -0.05) is 145 Å². The second-order valence-corrected chi connectivity index (χ2v) is 12.5. The number of ether oxygens (including phenoxy) is 2. The second-order valence-electron chi connectivity index (χ2n) is 12.1. The minimum Gasteiger partial charge on any atom is -0.341 e. The van der Waals surface area contributed by atoms with Gasteiger partial charge in [-0.2, -0.15) is 0 Å². The highest BCUT2D eigenvalue weighted by atomic mass is 35.5. The molecule has 5 aromatic rings. The minimum absolute atomic E-state index is 0.439. The lowest BCUT2D eigenvalue weighted by molar-refractivity contribution is -0.156. The number of nitrogens with one attached hydrogen (secondary N) is 2. The maximum atomic E-state index is 7.09. The van der Waals surface area contributed by atoms with E-state index in [1.807, 2.05) is 62.4 Å². The van der Waals surface area contributed by atoms with Crippen LogP contribution in [0.1, 0.15) is 41.7 Å². The normalized spacial score (nSPS) is 21.1. The van der Waals surface area contributed by atoms with E-state index < -0.39 is 29.1 Å². The van der Waals surface area contributed by atoms with Crippen molar-refractivity contribution in [3.8, 4) is 0 Å². The summed E-state index contributed by atoms with van der Waals surface area (Å²) in [6, 6.07) is 49.8. The van der Waals surface area contributed by atoms with Crippen molar-refractivity contribution in [2.45, 2.75) is 49.5 Å². The molecule has 2 aliphatic rings. The van der Waals surface area contributed by atoms with Crippen molar-refractivity contribution in [3.63, 3.8) is 0 Å². The summed E-state index contributed by atoms with van der Waals surface area (Å²) in [5, 5.41) is 8.61. The summed E-state index contributed by atoms with van der Waals surface area (Å²) in [5.74, 6) is -0.245. The van der Waals surface area contributed by atoms with Crippen molar-refractivity contribution in [3.05, 3.63) is 178 Å². The Balaban J connectivity index is 1.54. The zero-order valence-corrected chi connectivity index (χ0v) is 26.1. The Labute approximate surface area is 269 Å². The van der Waals surface area contributed by atoms with E-state index in [1.54, 1.807) is 0 Å². The van der Waals surface area contributed by atoms with E-state index in [0.29, 0.717) is 17.5 Å². The van der Waals surface area contributed by atoms with Gasteiger partial charge >= 0.3 is 0 Å². The van der Waals surface area contributed by atoms with Crippen LogP contribution in [0.5, 0.6) is 0 Å². The van der Waals surface area contributed by atoms with Crippen molar-refractivity contribution in [1.82, 2.24) is 10.6 Å². The molecule has 45 heavy (non-hydrogen) atoms. The lowest BCUT2D eigenvalue weighted by atomic mass is 9.69. The van der Waals surface area contributed by atoms with Crippen molar-refractivity contribution < 1.29 is 9.47 Å². The first-order valence-corrected chi connectivity index (χ1v) is 15.7. The highest BCUT2D eigenvalue weighted by molar-refractivity contribution is 6.30. The Bertz CT molecular complexity index is 1580. The quantitative estimate of drug-likeness (QED) is 0.205. The number of aliphatic imine (C=N–C) groups is 1. The van der Waals surface area contributed by atoms with Crippen molar-refractivity contribution in [2.75, 3.05) is 0 Å². The maximum Gasteiger partial charge on any atom is 0.193 e. The molecular weight excluding hydrogens is 578 g/mol. The van der Waals surface area contributed by atoms with E-state index in [4.69, 9.17) is 26.1 Å². The molecule has 0 bridgehead atoms. The number of benzene rings is 5. The fourth-order valence-electron chi connectivity index (χ4n) is 6.86. The number of nitrogens with zero attached hydrogens (tertiary/aromatic N) is 1. The summed E-state index contributed by atoms with van der Waals surface area (Å²) < 4.78 is 14.2. The van der Waals surface area contributed by atoms with Gasteiger partial charge in [0.2, 0.25) is 0 Å². The monoisotopic (exact) mass is 613 g/mol. The predicted molar refractivity (Wildman–Crippen MR) is 180 cm³/mol. The van der Waals surface area contributed by atoms with Gasteiger partial charge in [0.25, 0.3) is 0 Å². The van der Waals surface area contributed by atoms with Crippen LogP contribution in [0.3, 0.4) is 0 Å². The van der Waals surface area contributed by atoms with Gasteiger partial charge < -0.3 is 20.1 Å². The minimum atomic E-state index is -0.877. The fourth-order valence-corrected chi connectivity index (χ4v) is 6.99. The summed E-state index contributed by atoms with van der Waals surface area (Å²) in [4.78, 5) is 5.24. The van der Waals surface area contributed by atoms with Crippen LogP contribution in [0, 0.1) is 0 Å². The molecule has 7 rings (SSSR count). The first-order chi connectivity index (χ1) is 21.9. The lowest BCUT2D eigenvalue weighted by Crippen LogP contribution is -2.58. The summed E-state index contributed by atoms with van der Waals surface area (Å²) >= 11 is 6.22. The van der Waals surface area contributed by atoms with Gasteiger partial charge in [-0.15, -0.1) is 0 Å². The molecule has 2 atom stereocenters. The zero-order chi connectivity index (χ0) is 30.9. The first-order valence-electron chi connectivity index (χ1n) is 15.3. The van der Waals surface area contributed by atoms with E-state index in [1.165, 1.54) is 0 Å². The average Bonchev–Trinajstić information content (AvgIpc) is 3.37. The molecule has 0 amide bonds. The summed E-state index contributed by atoms with van der Waals surface area (Å²) in [6.07, 6.45) is -0.984. The standard InChI is InChI=1S/C39H36ClN3O2/c1-37(2)44-34-35(45-37)39(31-19-11-5-12-20-31,32-21-13-6-14-22-32)43-36(41-27-28-23-25-33(40)26-24-28)42-38(34,29-15-7-3-8-16-29)30-17-9-4-10-18-30/h3-26,34-35H,27H2,1-2H3,(H2,41,42,43)/t34-,35-/m1/s1. The number of halogens is 1. The van der Waals surface area contributed by atoms with Crippen LogP contribution in [-0.2, 0) is 27.1 Å². The largest absolute Gasteiger partial charge is 0.341 e. The zero-order valence-electron chi connectivity index (χ0n) is 25.4. The molecule has 2 heterocycles. The molecule has 0 aliphatic carbocycles. The van der Waals surface area contributed by atoms with Crippen LogP contribution in [0.4, 0.5) is 0 Å². The maximum absolute atomic E-state index is 7.09. The Morgan fingerprint density at radius 2 is 0.911 bits per heavy atom. The van der Waals surface area contributed by atoms with E-state index in [-0.39, 0.29) is 0 Å². The van der Waals surface area contributed by atoms with Gasteiger partial charge in [-0.25, -0.2) is 4.99 Å². The molecule has 0 saturated carbocycles. The van der Waals surface area contributed by atoms with E-state index in [2.05, 4.69) is 108 Å². The summed E-state index contributed by atoms with van der Waals surface area (Å²) in [6.45, 7) is 4.44. The Hall–Kier alpha value is -4.42. The molecular formula is C39H36ClN3O2.